The average molecular weight is 512 g/mol. The summed E-state index contributed by atoms with van der Waals surface area (Å²) in [6.07, 6.45) is -0.130. The number of methoxy groups -OCH3 is 1. The van der Waals surface area contributed by atoms with Crippen LogP contribution in [-0.4, -0.2) is 44.6 Å². The number of alkyl halides is 3. The number of halogens is 3. The molecule has 4 aromatic rings. The summed E-state index contributed by atoms with van der Waals surface area (Å²) in [5.74, 6) is 1.60. The maximum absolute atomic E-state index is 13.3. The van der Waals surface area contributed by atoms with E-state index >= 15 is 0 Å². The first-order valence-electron chi connectivity index (χ1n) is 12.2. The number of hydrogen-bond acceptors (Lipinski definition) is 6. The molecule has 3 aromatic heterocycles. The number of nitrogens with two attached hydrogens (primary N) is 1. The number of ether oxygens (including phenoxy) is 1. The van der Waals surface area contributed by atoms with Gasteiger partial charge in [0.05, 0.1) is 24.7 Å². The Balaban J connectivity index is 1.31. The third-order valence-corrected chi connectivity index (χ3v) is 8.06. The number of hydrogen-bond donors (Lipinski definition) is 1. The van der Waals surface area contributed by atoms with Gasteiger partial charge in [0.1, 0.15) is 17.0 Å². The summed E-state index contributed by atoms with van der Waals surface area (Å²) in [6.45, 7) is 3.34. The number of nitrogens with zero attached hydrogens (tertiary/aromatic N) is 6. The molecule has 2 N–H and O–H groups in total. The van der Waals surface area contributed by atoms with Gasteiger partial charge in [-0.05, 0) is 67.0 Å². The predicted molar refractivity (Wildman–Crippen MR) is 132 cm³/mol. The average Bonchev–Trinajstić information content (AvgIpc) is 3.56. The normalized spacial score (nSPS) is 19.1. The molecule has 0 saturated carbocycles. The molecule has 1 saturated heterocycles. The first kappa shape index (κ1) is 23.8. The lowest BCUT2D eigenvalue weighted by molar-refractivity contribution is -0.141. The van der Waals surface area contributed by atoms with Crippen LogP contribution in [0.15, 0.2) is 36.5 Å². The van der Waals surface area contributed by atoms with Gasteiger partial charge in [0, 0.05) is 26.2 Å². The summed E-state index contributed by atoms with van der Waals surface area (Å²) in [5, 5.41) is 8.12. The van der Waals surface area contributed by atoms with E-state index in [2.05, 4.69) is 27.2 Å². The molecule has 1 aliphatic carbocycles. The zero-order chi connectivity index (χ0) is 26.1. The number of fused-ring (bicyclic) bond motifs is 2. The molecule has 6 rings (SSSR count). The quantitative estimate of drug-likeness (QED) is 0.441. The maximum Gasteiger partial charge on any atom is 0.435 e. The highest BCUT2D eigenvalue weighted by atomic mass is 19.4. The van der Waals surface area contributed by atoms with Crippen LogP contribution in [0.4, 0.5) is 19.0 Å². The fourth-order valence-electron chi connectivity index (χ4n) is 6.05. The Kier molecular flexibility index (Phi) is 5.27. The number of piperidine rings is 1. The summed E-state index contributed by atoms with van der Waals surface area (Å²) in [4.78, 5) is 7.11. The SMILES string of the molecule is COc1ccc2c(c1)[C@@H](N)C1(CCN(c3nc(C)c(-c4cc(C(F)(F)F)nn4C)n4nccc34)CC1)C2. The molecule has 1 fully saturated rings. The molecule has 0 bridgehead atoms. The van der Waals surface area contributed by atoms with Crippen LogP contribution in [0.1, 0.15) is 41.4 Å². The molecule has 1 aliphatic heterocycles. The fourth-order valence-corrected chi connectivity index (χ4v) is 6.05. The lowest BCUT2D eigenvalue weighted by Gasteiger charge is -2.42. The monoisotopic (exact) mass is 511 g/mol. The van der Waals surface area contributed by atoms with E-state index in [0.29, 0.717) is 17.1 Å². The predicted octanol–water partition coefficient (Wildman–Crippen LogP) is 4.31. The summed E-state index contributed by atoms with van der Waals surface area (Å²) >= 11 is 0. The zero-order valence-electron chi connectivity index (χ0n) is 20.9. The van der Waals surface area contributed by atoms with E-state index in [1.54, 1.807) is 24.7 Å². The third-order valence-electron chi connectivity index (χ3n) is 8.06. The van der Waals surface area contributed by atoms with Crippen molar-refractivity contribution in [3.05, 3.63) is 59.0 Å². The smallest absolute Gasteiger partial charge is 0.435 e. The molecule has 1 atom stereocenters. The minimum absolute atomic E-state index is 0.0145. The summed E-state index contributed by atoms with van der Waals surface area (Å²) < 4.78 is 48.2. The van der Waals surface area contributed by atoms with Crippen LogP contribution in [-0.2, 0) is 19.6 Å². The Bertz CT molecular complexity index is 1500. The number of rotatable bonds is 3. The standard InChI is InChI=1S/C26H28F3N7O/c1-15-22(20-13-21(26(27,28)29)33-34(20)2)36-19(6-9-31-36)24(32-15)35-10-7-25(8-11-35)14-16-4-5-17(37-3)12-18(16)23(25)30/h4-6,9,12-13,23H,7-8,10-11,14,30H2,1-3H3/t23-/m1/s1. The molecule has 0 unspecified atom stereocenters. The minimum Gasteiger partial charge on any atom is -0.497 e. The Morgan fingerprint density at radius 3 is 2.57 bits per heavy atom. The van der Waals surface area contributed by atoms with Gasteiger partial charge < -0.3 is 15.4 Å². The second-order valence-corrected chi connectivity index (χ2v) is 10.1. The van der Waals surface area contributed by atoms with E-state index in [-0.39, 0.29) is 11.5 Å². The molecule has 4 heterocycles. The van der Waals surface area contributed by atoms with Gasteiger partial charge in [-0.15, -0.1) is 0 Å². The van der Waals surface area contributed by atoms with Crippen molar-refractivity contribution >= 4 is 11.3 Å². The number of anilines is 1. The summed E-state index contributed by atoms with van der Waals surface area (Å²) in [7, 11) is 3.16. The summed E-state index contributed by atoms with van der Waals surface area (Å²) in [5.41, 5.74) is 10.4. The molecular weight excluding hydrogens is 483 g/mol. The zero-order valence-corrected chi connectivity index (χ0v) is 20.9. The van der Waals surface area contributed by atoms with Gasteiger partial charge in [-0.25, -0.2) is 9.50 Å². The molecule has 11 heteroatoms. The van der Waals surface area contributed by atoms with E-state index in [9.17, 15) is 13.2 Å². The van der Waals surface area contributed by atoms with Gasteiger partial charge >= 0.3 is 6.18 Å². The van der Waals surface area contributed by atoms with Gasteiger partial charge in [0.25, 0.3) is 0 Å². The molecule has 8 nitrogen and oxygen atoms in total. The van der Waals surface area contributed by atoms with Crippen molar-refractivity contribution in [2.75, 3.05) is 25.1 Å². The van der Waals surface area contributed by atoms with Crippen LogP contribution >= 0.6 is 0 Å². The largest absolute Gasteiger partial charge is 0.497 e. The fraction of sp³-hybridized carbons (Fsp3) is 0.423. The van der Waals surface area contributed by atoms with E-state index in [4.69, 9.17) is 15.5 Å². The van der Waals surface area contributed by atoms with Gasteiger partial charge in [0.2, 0.25) is 0 Å². The molecule has 37 heavy (non-hydrogen) atoms. The Labute approximate surface area is 211 Å². The highest BCUT2D eigenvalue weighted by molar-refractivity contribution is 5.75. The van der Waals surface area contributed by atoms with Crippen LogP contribution < -0.4 is 15.4 Å². The molecular formula is C26H28F3N7O. The number of aromatic nitrogens is 5. The second-order valence-electron chi connectivity index (χ2n) is 10.1. The molecule has 0 amide bonds. The Morgan fingerprint density at radius 2 is 1.89 bits per heavy atom. The topological polar surface area (TPSA) is 86.5 Å². The molecule has 0 radical (unpaired) electrons. The molecule has 194 valence electrons. The maximum atomic E-state index is 13.3. The first-order chi connectivity index (χ1) is 17.6. The van der Waals surface area contributed by atoms with Crippen LogP contribution in [0.3, 0.4) is 0 Å². The Hall–Kier alpha value is -3.60. The number of aryl methyl sites for hydroxylation is 2. The van der Waals surface area contributed by atoms with E-state index in [1.165, 1.54) is 22.9 Å². The van der Waals surface area contributed by atoms with Crippen molar-refractivity contribution < 1.29 is 17.9 Å². The van der Waals surface area contributed by atoms with E-state index in [0.717, 1.165) is 55.5 Å². The highest BCUT2D eigenvalue weighted by Crippen LogP contribution is 2.52. The minimum atomic E-state index is -4.53. The van der Waals surface area contributed by atoms with Crippen molar-refractivity contribution in [1.29, 1.82) is 0 Å². The molecule has 1 spiro atoms. The van der Waals surface area contributed by atoms with Crippen LogP contribution in [0.2, 0.25) is 0 Å². The van der Waals surface area contributed by atoms with Crippen LogP contribution in [0.5, 0.6) is 5.75 Å². The van der Waals surface area contributed by atoms with Crippen LogP contribution in [0.25, 0.3) is 16.9 Å². The van der Waals surface area contributed by atoms with Gasteiger partial charge in [-0.3, -0.25) is 4.68 Å². The van der Waals surface area contributed by atoms with Crippen LogP contribution in [0, 0.1) is 12.3 Å². The van der Waals surface area contributed by atoms with Crippen molar-refractivity contribution in [1.82, 2.24) is 24.4 Å². The lowest BCUT2D eigenvalue weighted by Crippen LogP contribution is -2.44. The van der Waals surface area contributed by atoms with E-state index in [1.807, 2.05) is 12.1 Å². The van der Waals surface area contributed by atoms with E-state index < -0.39 is 11.9 Å². The first-order valence-corrected chi connectivity index (χ1v) is 12.2. The van der Waals surface area contributed by atoms with Crippen molar-refractivity contribution in [2.45, 2.75) is 38.4 Å². The molecule has 1 aromatic carbocycles. The third kappa shape index (κ3) is 3.66. The summed E-state index contributed by atoms with van der Waals surface area (Å²) in [6, 6.07) is 9.01. The van der Waals surface area contributed by atoms with Crippen molar-refractivity contribution in [2.24, 2.45) is 18.2 Å². The highest BCUT2D eigenvalue weighted by Gasteiger charge is 2.46. The van der Waals surface area contributed by atoms with Gasteiger partial charge in [0.15, 0.2) is 11.5 Å². The van der Waals surface area contributed by atoms with Gasteiger partial charge in [-0.2, -0.15) is 23.4 Å². The van der Waals surface area contributed by atoms with Gasteiger partial charge in [-0.1, -0.05) is 6.07 Å². The Morgan fingerprint density at radius 1 is 1.14 bits per heavy atom. The lowest BCUT2D eigenvalue weighted by atomic mass is 9.73. The second kappa shape index (κ2) is 8.20. The van der Waals surface area contributed by atoms with Crippen molar-refractivity contribution in [3.8, 4) is 17.1 Å². The van der Waals surface area contributed by atoms with Crippen molar-refractivity contribution in [3.63, 3.8) is 0 Å². The molecule has 2 aliphatic rings. The number of benzene rings is 1.